The molecule has 2 rings (SSSR count). The van der Waals surface area contributed by atoms with Gasteiger partial charge in [0.05, 0.1) is 11.9 Å². The third-order valence-electron chi connectivity index (χ3n) is 1.89. The Morgan fingerprint density at radius 2 is 1.93 bits per heavy atom. The van der Waals surface area contributed by atoms with Crippen LogP contribution in [0.15, 0.2) is 6.20 Å². The number of rotatable bonds is 0. The molecule has 0 spiro atoms. The van der Waals surface area contributed by atoms with Crippen molar-refractivity contribution in [3.05, 3.63) is 16.9 Å². The predicted octanol–water partition coefficient (Wildman–Crippen LogP) is 2.69. The highest BCUT2D eigenvalue weighted by atomic mass is 32.1. The van der Waals surface area contributed by atoms with E-state index in [2.05, 4.69) is 35.7 Å². The summed E-state index contributed by atoms with van der Waals surface area (Å²) in [5.41, 5.74) is 1.80. The molecule has 0 amide bonds. The Kier molecular flexibility index (Phi) is 2.03. The van der Waals surface area contributed by atoms with E-state index in [1.807, 2.05) is 6.92 Å². The van der Waals surface area contributed by atoms with Crippen LogP contribution in [0.5, 0.6) is 0 Å². The van der Waals surface area contributed by atoms with E-state index < -0.39 is 0 Å². The lowest BCUT2D eigenvalue weighted by Crippen LogP contribution is -2.09. The molecule has 14 heavy (non-hydrogen) atoms. The standard InChI is InChI=1S/C10H13N3S/c1-6-5-11-7-8(12-6)14-9(13-7)10(2,3)4/h5H,1-4H3. The van der Waals surface area contributed by atoms with Gasteiger partial charge in [0.1, 0.15) is 5.01 Å². The molecule has 0 aliphatic carbocycles. The normalized spacial score (nSPS) is 12.3. The predicted molar refractivity (Wildman–Crippen MR) is 58.6 cm³/mol. The quantitative estimate of drug-likeness (QED) is 0.666. The highest BCUT2D eigenvalue weighted by molar-refractivity contribution is 7.18. The van der Waals surface area contributed by atoms with E-state index in [-0.39, 0.29) is 5.41 Å². The van der Waals surface area contributed by atoms with Gasteiger partial charge in [0.15, 0.2) is 10.5 Å². The van der Waals surface area contributed by atoms with Crippen LogP contribution in [0.4, 0.5) is 0 Å². The van der Waals surface area contributed by atoms with Crippen LogP contribution < -0.4 is 0 Å². The van der Waals surface area contributed by atoms with Crippen molar-refractivity contribution >= 4 is 21.8 Å². The number of nitrogens with zero attached hydrogens (tertiary/aromatic N) is 3. The van der Waals surface area contributed by atoms with Gasteiger partial charge in [-0.3, -0.25) is 0 Å². The molecule has 4 heteroatoms. The van der Waals surface area contributed by atoms with Gasteiger partial charge in [-0.1, -0.05) is 32.1 Å². The van der Waals surface area contributed by atoms with Gasteiger partial charge in [0.2, 0.25) is 0 Å². The molecule has 0 unspecified atom stereocenters. The van der Waals surface area contributed by atoms with Crippen LogP contribution in [0.25, 0.3) is 10.5 Å². The molecule has 0 atom stereocenters. The maximum Gasteiger partial charge on any atom is 0.189 e. The van der Waals surface area contributed by atoms with Crippen molar-refractivity contribution in [1.29, 1.82) is 0 Å². The minimum atomic E-state index is 0.0843. The highest BCUT2D eigenvalue weighted by Crippen LogP contribution is 2.29. The summed E-state index contributed by atoms with van der Waals surface area (Å²) >= 11 is 1.63. The number of aryl methyl sites for hydroxylation is 1. The zero-order valence-corrected chi connectivity index (χ0v) is 9.64. The number of hydrogen-bond acceptors (Lipinski definition) is 4. The molecule has 3 nitrogen and oxygen atoms in total. The zero-order chi connectivity index (χ0) is 10.3. The molecule has 0 fully saturated rings. The highest BCUT2D eigenvalue weighted by Gasteiger charge is 2.19. The molecule has 0 aliphatic rings. The molecule has 2 aromatic rings. The third-order valence-corrected chi connectivity index (χ3v) is 3.25. The average Bonchev–Trinajstić information content (AvgIpc) is 2.45. The largest absolute Gasteiger partial charge is 0.237 e. The van der Waals surface area contributed by atoms with E-state index in [1.165, 1.54) is 0 Å². The Bertz CT molecular complexity index is 468. The van der Waals surface area contributed by atoms with Crippen molar-refractivity contribution < 1.29 is 0 Å². The van der Waals surface area contributed by atoms with E-state index in [9.17, 15) is 0 Å². The second-order valence-electron chi connectivity index (χ2n) is 4.41. The fraction of sp³-hybridized carbons (Fsp3) is 0.500. The SMILES string of the molecule is Cc1cnc2nc(C(C)(C)C)sc2n1. The van der Waals surface area contributed by atoms with Crippen LogP contribution >= 0.6 is 11.3 Å². The number of fused-ring (bicyclic) bond motifs is 1. The summed E-state index contributed by atoms with van der Waals surface area (Å²) in [4.78, 5) is 14.1. The average molecular weight is 207 g/mol. The van der Waals surface area contributed by atoms with Gasteiger partial charge in [-0.15, -0.1) is 0 Å². The fourth-order valence-electron chi connectivity index (χ4n) is 1.13. The Balaban J connectivity index is 2.63. The van der Waals surface area contributed by atoms with E-state index in [0.29, 0.717) is 0 Å². The van der Waals surface area contributed by atoms with Gasteiger partial charge in [0, 0.05) is 5.41 Å². The molecule has 2 aromatic heterocycles. The van der Waals surface area contributed by atoms with Crippen molar-refractivity contribution in [3.8, 4) is 0 Å². The van der Waals surface area contributed by atoms with Gasteiger partial charge in [0.25, 0.3) is 0 Å². The molecule has 0 N–H and O–H groups in total. The monoisotopic (exact) mass is 207 g/mol. The number of hydrogen-bond donors (Lipinski definition) is 0. The molecule has 0 aliphatic heterocycles. The molecule has 0 aromatic carbocycles. The van der Waals surface area contributed by atoms with Gasteiger partial charge in [-0.2, -0.15) is 0 Å². The molecular weight excluding hydrogens is 194 g/mol. The Hall–Kier alpha value is -1.03. The molecule has 0 bridgehead atoms. The fourth-order valence-corrected chi connectivity index (χ4v) is 2.13. The Labute approximate surface area is 87.2 Å². The summed E-state index contributed by atoms with van der Waals surface area (Å²) in [5.74, 6) is 0. The van der Waals surface area contributed by atoms with Crippen LogP contribution in [0.3, 0.4) is 0 Å². The van der Waals surface area contributed by atoms with Crippen LogP contribution in [0.1, 0.15) is 31.5 Å². The minimum Gasteiger partial charge on any atom is -0.237 e. The lowest BCUT2D eigenvalue weighted by atomic mass is 9.98. The summed E-state index contributed by atoms with van der Waals surface area (Å²) in [6.45, 7) is 8.40. The maximum absolute atomic E-state index is 4.47. The van der Waals surface area contributed by atoms with Gasteiger partial charge < -0.3 is 0 Å². The first-order chi connectivity index (χ1) is 6.47. The smallest absolute Gasteiger partial charge is 0.189 e. The van der Waals surface area contributed by atoms with Crippen LogP contribution in [-0.2, 0) is 5.41 Å². The Morgan fingerprint density at radius 1 is 1.21 bits per heavy atom. The van der Waals surface area contributed by atoms with Gasteiger partial charge >= 0.3 is 0 Å². The molecule has 0 saturated heterocycles. The second-order valence-corrected chi connectivity index (χ2v) is 5.39. The van der Waals surface area contributed by atoms with E-state index in [1.54, 1.807) is 17.5 Å². The second kappa shape index (κ2) is 2.98. The third kappa shape index (κ3) is 1.62. The molecular formula is C10H13N3S. The van der Waals surface area contributed by atoms with E-state index in [0.717, 1.165) is 21.2 Å². The number of aromatic nitrogens is 3. The first-order valence-electron chi connectivity index (χ1n) is 4.57. The molecule has 0 saturated carbocycles. The Morgan fingerprint density at radius 3 is 2.57 bits per heavy atom. The van der Waals surface area contributed by atoms with Gasteiger partial charge in [-0.25, -0.2) is 15.0 Å². The first-order valence-corrected chi connectivity index (χ1v) is 5.39. The van der Waals surface area contributed by atoms with Crippen molar-refractivity contribution in [2.75, 3.05) is 0 Å². The lowest BCUT2D eigenvalue weighted by Gasteiger charge is -2.12. The van der Waals surface area contributed by atoms with Crippen molar-refractivity contribution in [3.63, 3.8) is 0 Å². The van der Waals surface area contributed by atoms with E-state index in [4.69, 9.17) is 0 Å². The summed E-state index contributed by atoms with van der Waals surface area (Å²) in [6.07, 6.45) is 1.76. The van der Waals surface area contributed by atoms with Crippen LogP contribution in [0.2, 0.25) is 0 Å². The molecule has 2 heterocycles. The molecule has 0 radical (unpaired) electrons. The van der Waals surface area contributed by atoms with Crippen LogP contribution in [-0.4, -0.2) is 15.0 Å². The summed E-state index contributed by atoms with van der Waals surface area (Å²) in [6, 6.07) is 0. The van der Waals surface area contributed by atoms with Gasteiger partial charge in [-0.05, 0) is 6.92 Å². The first kappa shape index (κ1) is 9.52. The lowest BCUT2D eigenvalue weighted by molar-refractivity contribution is 0.586. The maximum atomic E-state index is 4.47. The zero-order valence-electron chi connectivity index (χ0n) is 8.83. The minimum absolute atomic E-state index is 0.0843. The number of thiazole rings is 1. The summed E-state index contributed by atoms with van der Waals surface area (Å²) in [7, 11) is 0. The topological polar surface area (TPSA) is 38.7 Å². The van der Waals surface area contributed by atoms with Crippen molar-refractivity contribution in [1.82, 2.24) is 15.0 Å². The van der Waals surface area contributed by atoms with E-state index >= 15 is 0 Å². The van der Waals surface area contributed by atoms with Crippen molar-refractivity contribution in [2.45, 2.75) is 33.1 Å². The summed E-state index contributed by atoms with van der Waals surface area (Å²) in [5, 5.41) is 1.10. The van der Waals surface area contributed by atoms with Crippen molar-refractivity contribution in [2.24, 2.45) is 0 Å². The molecule has 74 valence electrons. The summed E-state index contributed by atoms with van der Waals surface area (Å²) < 4.78 is 0. The van der Waals surface area contributed by atoms with Crippen LogP contribution in [0, 0.1) is 6.92 Å².